The summed E-state index contributed by atoms with van der Waals surface area (Å²) >= 11 is 0. The van der Waals surface area contributed by atoms with Gasteiger partial charge in [0.05, 0.1) is 11.1 Å². The third kappa shape index (κ3) is 2.23. The number of Topliss-reactive ketones (excluding diaryl/α,β-unsaturated/α-hetero) is 1. The van der Waals surface area contributed by atoms with E-state index in [1.165, 1.54) is 6.20 Å². The van der Waals surface area contributed by atoms with E-state index in [1.807, 2.05) is 38.1 Å². The van der Waals surface area contributed by atoms with E-state index in [4.69, 9.17) is 0 Å². The van der Waals surface area contributed by atoms with Crippen molar-refractivity contribution in [3.05, 3.63) is 41.6 Å². The zero-order valence-corrected chi connectivity index (χ0v) is 13.4. The molecule has 0 aliphatic heterocycles. The Hall–Kier alpha value is -2.08. The lowest BCUT2D eigenvalue weighted by Gasteiger charge is -2.22. The fraction of sp³-hybridized carbons (Fsp3) is 0.312. The van der Waals surface area contributed by atoms with Crippen molar-refractivity contribution < 1.29 is 13.2 Å². The number of hydrogen-bond donors (Lipinski definition) is 0. The van der Waals surface area contributed by atoms with Crippen LogP contribution in [0.25, 0.3) is 11.3 Å². The van der Waals surface area contributed by atoms with Gasteiger partial charge in [-0.2, -0.15) is 0 Å². The van der Waals surface area contributed by atoms with E-state index in [0.29, 0.717) is 17.7 Å². The number of fused-ring (bicyclic) bond motifs is 3. The molecule has 114 valence electrons. The maximum atomic E-state index is 12.6. The summed E-state index contributed by atoms with van der Waals surface area (Å²) in [6.45, 7) is 3.65. The summed E-state index contributed by atoms with van der Waals surface area (Å²) in [4.78, 5) is 20.8. The monoisotopic (exact) mass is 316 g/mol. The third-order valence-corrected chi connectivity index (χ3v) is 4.95. The number of benzene rings is 1. The van der Waals surface area contributed by atoms with Gasteiger partial charge in [0.1, 0.15) is 5.78 Å². The molecule has 1 aliphatic carbocycles. The second-order valence-corrected chi connectivity index (χ2v) is 7.98. The molecule has 0 N–H and O–H groups in total. The lowest BCUT2D eigenvalue weighted by atomic mass is 9.80. The fourth-order valence-electron chi connectivity index (χ4n) is 2.66. The Morgan fingerprint density at radius 3 is 2.55 bits per heavy atom. The molecule has 5 nitrogen and oxygen atoms in total. The second kappa shape index (κ2) is 4.71. The molecule has 0 atom stereocenters. The molecule has 0 spiro atoms. The molecule has 1 aliphatic rings. The van der Waals surface area contributed by atoms with Crippen molar-refractivity contribution >= 4 is 15.6 Å². The third-order valence-electron chi connectivity index (χ3n) is 4.09. The number of hydrogen-bond acceptors (Lipinski definition) is 5. The molecule has 1 aromatic carbocycles. The molecule has 0 radical (unpaired) electrons. The Bertz CT molecular complexity index is 886. The van der Waals surface area contributed by atoms with Crippen molar-refractivity contribution in [3.8, 4) is 11.3 Å². The van der Waals surface area contributed by atoms with Gasteiger partial charge < -0.3 is 0 Å². The fourth-order valence-corrected chi connectivity index (χ4v) is 3.16. The molecule has 22 heavy (non-hydrogen) atoms. The normalized spacial score (nSPS) is 16.6. The van der Waals surface area contributed by atoms with E-state index in [9.17, 15) is 13.2 Å². The van der Waals surface area contributed by atoms with Crippen LogP contribution in [-0.2, 0) is 26.5 Å². The predicted molar refractivity (Wildman–Crippen MR) is 82.3 cm³/mol. The maximum Gasteiger partial charge on any atom is 0.247 e. The average Bonchev–Trinajstić information content (AvgIpc) is 2.53. The van der Waals surface area contributed by atoms with Crippen molar-refractivity contribution in [1.29, 1.82) is 0 Å². The van der Waals surface area contributed by atoms with E-state index in [1.54, 1.807) is 0 Å². The zero-order chi connectivity index (χ0) is 16.1. The van der Waals surface area contributed by atoms with Gasteiger partial charge in [-0.05, 0) is 19.4 Å². The Morgan fingerprint density at radius 2 is 1.86 bits per heavy atom. The molecule has 3 rings (SSSR count). The topological polar surface area (TPSA) is 77.0 Å². The summed E-state index contributed by atoms with van der Waals surface area (Å²) in [5.74, 6) is 0.0643. The van der Waals surface area contributed by atoms with E-state index in [-0.39, 0.29) is 10.9 Å². The van der Waals surface area contributed by atoms with Crippen molar-refractivity contribution in [1.82, 2.24) is 9.97 Å². The second-order valence-electron chi connectivity index (χ2n) is 6.07. The van der Waals surface area contributed by atoms with Gasteiger partial charge in [-0.1, -0.05) is 24.3 Å². The van der Waals surface area contributed by atoms with Crippen LogP contribution in [0.5, 0.6) is 0 Å². The molecule has 1 heterocycles. The summed E-state index contributed by atoms with van der Waals surface area (Å²) in [6.07, 6.45) is 2.85. The SMILES string of the molecule is CC1(C)C(=O)Cc2ccccc2-c2nc(S(C)(=O)=O)ncc21. The summed E-state index contributed by atoms with van der Waals surface area (Å²) < 4.78 is 23.5. The Balaban J connectivity index is 2.40. The van der Waals surface area contributed by atoms with Crippen LogP contribution in [0.15, 0.2) is 35.6 Å². The number of carbonyl (C=O) groups is 1. The van der Waals surface area contributed by atoms with Crippen LogP contribution in [0.1, 0.15) is 25.0 Å². The van der Waals surface area contributed by atoms with Crippen molar-refractivity contribution in [2.45, 2.75) is 30.8 Å². The van der Waals surface area contributed by atoms with Crippen molar-refractivity contribution in [2.24, 2.45) is 0 Å². The van der Waals surface area contributed by atoms with Gasteiger partial charge in [0.15, 0.2) is 0 Å². The summed E-state index contributed by atoms with van der Waals surface area (Å²) in [5, 5.41) is -0.216. The van der Waals surface area contributed by atoms with Crippen LogP contribution < -0.4 is 0 Å². The highest BCUT2D eigenvalue weighted by molar-refractivity contribution is 7.90. The average molecular weight is 316 g/mol. The number of carbonyl (C=O) groups excluding carboxylic acids is 1. The molecule has 0 amide bonds. The quantitative estimate of drug-likeness (QED) is 0.752. The molecule has 2 aromatic rings. The molecular formula is C16H16N2O3S. The first-order valence-corrected chi connectivity index (χ1v) is 8.79. The number of ketones is 1. The van der Waals surface area contributed by atoms with Crippen molar-refractivity contribution in [3.63, 3.8) is 0 Å². The molecule has 0 fully saturated rings. The lowest BCUT2D eigenvalue weighted by molar-refractivity contribution is -0.122. The van der Waals surface area contributed by atoms with Gasteiger partial charge in [0, 0.05) is 30.0 Å². The highest BCUT2D eigenvalue weighted by Gasteiger charge is 2.37. The van der Waals surface area contributed by atoms with E-state index < -0.39 is 15.3 Å². The molecule has 0 saturated carbocycles. The smallest absolute Gasteiger partial charge is 0.247 e. The summed E-state index contributed by atoms with van der Waals surface area (Å²) in [5.41, 5.74) is 2.09. The standard InChI is InChI=1S/C16H16N2O3S/c1-16(2)12-9-17-15(22(3,20)21)18-14(12)11-7-5-4-6-10(11)8-13(16)19/h4-7,9H,8H2,1-3H3. The van der Waals surface area contributed by atoms with Gasteiger partial charge in [0.2, 0.25) is 15.0 Å². The van der Waals surface area contributed by atoms with Crippen LogP contribution in [-0.4, -0.2) is 30.4 Å². The molecule has 0 saturated heterocycles. The molecule has 6 heteroatoms. The molecule has 0 bridgehead atoms. The highest BCUT2D eigenvalue weighted by atomic mass is 32.2. The molecule has 0 unspecified atom stereocenters. The number of nitrogens with zero attached hydrogens (tertiary/aromatic N) is 2. The predicted octanol–water partition coefficient (Wildman–Crippen LogP) is 1.95. The summed E-state index contributed by atoms with van der Waals surface area (Å²) in [7, 11) is -3.51. The number of aromatic nitrogens is 2. The van der Waals surface area contributed by atoms with E-state index >= 15 is 0 Å². The van der Waals surface area contributed by atoms with Crippen LogP contribution in [0.3, 0.4) is 0 Å². The van der Waals surface area contributed by atoms with Crippen LogP contribution in [0.2, 0.25) is 0 Å². The van der Waals surface area contributed by atoms with Crippen LogP contribution in [0.4, 0.5) is 0 Å². The zero-order valence-electron chi connectivity index (χ0n) is 12.6. The van der Waals surface area contributed by atoms with Gasteiger partial charge in [-0.15, -0.1) is 0 Å². The van der Waals surface area contributed by atoms with Crippen LogP contribution in [0, 0.1) is 0 Å². The van der Waals surface area contributed by atoms with Crippen LogP contribution >= 0.6 is 0 Å². The van der Waals surface area contributed by atoms with Gasteiger partial charge in [-0.3, -0.25) is 4.79 Å². The highest BCUT2D eigenvalue weighted by Crippen LogP contribution is 2.38. The number of rotatable bonds is 1. The minimum Gasteiger partial charge on any atom is -0.298 e. The molecular weight excluding hydrogens is 300 g/mol. The summed E-state index contributed by atoms with van der Waals surface area (Å²) in [6, 6.07) is 7.46. The van der Waals surface area contributed by atoms with E-state index in [0.717, 1.165) is 17.4 Å². The molecule has 1 aromatic heterocycles. The Morgan fingerprint density at radius 1 is 1.18 bits per heavy atom. The Labute approximate surface area is 129 Å². The van der Waals surface area contributed by atoms with E-state index in [2.05, 4.69) is 9.97 Å². The minimum absolute atomic E-state index is 0.0643. The number of sulfone groups is 1. The van der Waals surface area contributed by atoms with Gasteiger partial charge in [-0.25, -0.2) is 18.4 Å². The minimum atomic E-state index is -3.51. The van der Waals surface area contributed by atoms with Gasteiger partial charge in [0.25, 0.3) is 0 Å². The first kappa shape index (κ1) is 14.8. The maximum absolute atomic E-state index is 12.6. The first-order chi connectivity index (χ1) is 10.2. The lowest BCUT2D eigenvalue weighted by Crippen LogP contribution is -2.30. The Kier molecular flexibility index (Phi) is 3.18. The van der Waals surface area contributed by atoms with Crippen molar-refractivity contribution in [2.75, 3.05) is 6.26 Å². The largest absolute Gasteiger partial charge is 0.298 e. The first-order valence-electron chi connectivity index (χ1n) is 6.90. The van der Waals surface area contributed by atoms with Gasteiger partial charge >= 0.3 is 0 Å².